The SMILES string of the molecule is O.O=O.[U].[U].[U].[V]. The second-order valence-electron chi connectivity index (χ2n) is 0. The molecule has 0 aromatic rings. The summed E-state index contributed by atoms with van der Waals surface area (Å²) in [4.78, 5) is 14.0. The molecular weight excluding hydrogens is 813 g/mol. The average molecular weight is 815 g/mol. The molecule has 0 saturated heterocycles. The van der Waals surface area contributed by atoms with Gasteiger partial charge in [-0.1, -0.05) is 0 Å². The second-order valence-corrected chi connectivity index (χ2v) is 0. The molecule has 0 aromatic heterocycles. The zero-order valence-corrected chi connectivity index (χ0v) is 17.2. The van der Waals surface area contributed by atoms with Gasteiger partial charge in [0.25, 0.3) is 0 Å². The molecule has 0 fully saturated rings. The van der Waals surface area contributed by atoms with E-state index in [2.05, 4.69) is 0 Å². The van der Waals surface area contributed by atoms with Crippen molar-refractivity contribution >= 4 is 0 Å². The zero-order chi connectivity index (χ0) is 2.00. The van der Waals surface area contributed by atoms with E-state index < -0.39 is 0 Å². The van der Waals surface area contributed by atoms with Crippen molar-refractivity contribution in [2.75, 3.05) is 0 Å². The molecule has 0 unspecified atom stereocenters. The third-order valence-corrected chi connectivity index (χ3v) is 0. The Morgan fingerprint density at radius 2 is 0.714 bits per heavy atom. The van der Waals surface area contributed by atoms with Crippen LogP contribution in [-0.4, -0.2) is 5.48 Å². The summed E-state index contributed by atoms with van der Waals surface area (Å²) in [6.07, 6.45) is 0. The predicted molar refractivity (Wildman–Crippen MR) is 10.3 cm³/mol. The first-order valence-electron chi connectivity index (χ1n) is 0.167. The van der Waals surface area contributed by atoms with Crippen molar-refractivity contribution in [3.8, 4) is 0 Å². The number of hydrogen-bond donors (Lipinski definition) is 0. The van der Waals surface area contributed by atoms with Gasteiger partial charge in [-0.25, -0.2) is 0 Å². The van der Waals surface area contributed by atoms with Gasteiger partial charge in [0.2, 0.25) is 0 Å². The van der Waals surface area contributed by atoms with Crippen LogP contribution in [0.25, 0.3) is 0 Å². The Labute approximate surface area is 124 Å². The van der Waals surface area contributed by atoms with Gasteiger partial charge >= 0.3 is 0 Å². The molecule has 0 aromatic carbocycles. The van der Waals surface area contributed by atoms with Crippen molar-refractivity contribution in [3.63, 3.8) is 0 Å². The topological polar surface area (TPSA) is 65.6 Å². The Morgan fingerprint density at radius 3 is 0.714 bits per heavy atom. The number of hydrogen-bond acceptors (Lipinski definition) is 2. The van der Waals surface area contributed by atoms with Crippen LogP contribution in [-0.2, 0) is 18.6 Å². The van der Waals surface area contributed by atoms with E-state index in [1.165, 1.54) is 0 Å². The Morgan fingerprint density at radius 1 is 0.714 bits per heavy atom. The van der Waals surface area contributed by atoms with Crippen LogP contribution in [0.15, 0.2) is 0 Å². The van der Waals surface area contributed by atoms with Crippen LogP contribution in [0.1, 0.15) is 0 Å². The van der Waals surface area contributed by atoms with Crippen molar-refractivity contribution < 1.29 is 117 Å². The molecule has 0 saturated carbocycles. The van der Waals surface area contributed by atoms with Crippen LogP contribution < -0.4 is 0 Å². The summed E-state index contributed by atoms with van der Waals surface area (Å²) < 4.78 is 0. The maximum absolute atomic E-state index is 7.00. The van der Waals surface area contributed by atoms with Gasteiger partial charge in [-0.05, 0) is 0 Å². The summed E-state index contributed by atoms with van der Waals surface area (Å²) in [6, 6.07) is 0. The van der Waals surface area contributed by atoms with E-state index in [-0.39, 0.29) is 117 Å². The van der Waals surface area contributed by atoms with Crippen molar-refractivity contribution in [2.45, 2.75) is 0 Å². The Bertz CT molecular complexity index is 10.1. The molecule has 7 heavy (non-hydrogen) atoms. The molecule has 37 valence electrons. The van der Waals surface area contributed by atoms with E-state index in [0.717, 1.165) is 0 Å². The van der Waals surface area contributed by atoms with Crippen molar-refractivity contribution in [1.29, 1.82) is 0 Å². The van der Waals surface area contributed by atoms with E-state index in [1.807, 2.05) is 0 Å². The Hall–Kier alpha value is 3.30. The maximum Gasteiger partial charge on any atom is 0 e. The fraction of sp³-hybridized carbons (Fsp3) is 0. The molecule has 7 heteroatoms. The molecule has 0 aliphatic heterocycles. The number of rotatable bonds is 0. The average Bonchev–Trinajstić information content (AvgIpc) is 1.00. The largest absolute Gasteiger partial charge is 0.412 e. The second kappa shape index (κ2) is 58.8. The van der Waals surface area contributed by atoms with E-state index >= 15 is 0 Å². The molecule has 0 heterocycles. The van der Waals surface area contributed by atoms with Crippen LogP contribution in [0.4, 0.5) is 0 Å². The normalized spacial score (nSPS) is 0.571. The van der Waals surface area contributed by atoms with Gasteiger partial charge in [0, 0.05) is 122 Å². The predicted octanol–water partition coefficient (Wildman–Crippen LogP) is -0.760. The molecule has 1 radical (unpaired) electrons. The smallest absolute Gasteiger partial charge is 0 e. The Balaban J connectivity index is -0.000000000500. The molecule has 0 amide bonds. The maximum atomic E-state index is 7.00. The summed E-state index contributed by atoms with van der Waals surface area (Å²) in [5.41, 5.74) is 0. The summed E-state index contributed by atoms with van der Waals surface area (Å²) in [5, 5.41) is 0. The van der Waals surface area contributed by atoms with Crippen LogP contribution in [0.2, 0.25) is 0 Å². The van der Waals surface area contributed by atoms with E-state index in [9.17, 15) is 0 Å². The minimum absolute atomic E-state index is 0. The molecular formula is H2O3U3V. The van der Waals surface area contributed by atoms with Gasteiger partial charge in [-0.15, -0.1) is 0 Å². The van der Waals surface area contributed by atoms with Gasteiger partial charge in [-0.3, -0.25) is 0 Å². The first-order chi connectivity index (χ1) is 1.00. The van der Waals surface area contributed by atoms with Gasteiger partial charge in [0.15, 0.2) is 0 Å². The molecule has 0 aliphatic rings. The van der Waals surface area contributed by atoms with Gasteiger partial charge in [-0.2, -0.15) is 0 Å². The zero-order valence-electron chi connectivity index (χ0n) is 3.26. The van der Waals surface area contributed by atoms with Crippen LogP contribution in [0.3, 0.4) is 0 Å². The van der Waals surface area contributed by atoms with Crippen LogP contribution >= 0.6 is 0 Å². The van der Waals surface area contributed by atoms with Gasteiger partial charge in [0.1, 0.15) is 0 Å². The standard InChI is InChI=1S/O2.H2O.3U.V/c1-2;;;;;/h;1H2;;;;. The van der Waals surface area contributed by atoms with E-state index in [0.29, 0.717) is 0 Å². The summed E-state index contributed by atoms with van der Waals surface area (Å²) >= 11 is 0. The Kier molecular flexibility index (Phi) is 405. The van der Waals surface area contributed by atoms with E-state index in [4.69, 9.17) is 9.93 Å². The molecule has 2 N–H and O–H groups in total. The monoisotopic (exact) mass is 815 g/mol. The quantitative estimate of drug-likeness (QED) is 0.324. The van der Waals surface area contributed by atoms with E-state index in [1.54, 1.807) is 0 Å². The minimum Gasteiger partial charge on any atom is -0.412 e. The molecule has 0 rings (SSSR count). The fourth-order valence-electron chi connectivity index (χ4n) is 0. The molecule has 3 nitrogen and oxygen atoms in total. The molecule has 0 bridgehead atoms. The summed E-state index contributed by atoms with van der Waals surface area (Å²) in [5.74, 6) is 0. The van der Waals surface area contributed by atoms with Crippen molar-refractivity contribution in [3.05, 3.63) is 9.93 Å². The summed E-state index contributed by atoms with van der Waals surface area (Å²) in [6.45, 7) is 0. The van der Waals surface area contributed by atoms with Crippen molar-refractivity contribution in [1.82, 2.24) is 0 Å². The fourth-order valence-corrected chi connectivity index (χ4v) is 0. The third kappa shape index (κ3) is 45.5. The van der Waals surface area contributed by atoms with Crippen LogP contribution in [0.5, 0.6) is 0 Å². The van der Waals surface area contributed by atoms with Gasteiger partial charge < -0.3 is 5.48 Å². The summed E-state index contributed by atoms with van der Waals surface area (Å²) in [7, 11) is 0. The molecule has 0 atom stereocenters. The van der Waals surface area contributed by atoms with Crippen molar-refractivity contribution in [2.24, 2.45) is 0 Å². The van der Waals surface area contributed by atoms with Crippen LogP contribution in [0, 0.1) is 103 Å². The third-order valence-electron chi connectivity index (χ3n) is 0. The van der Waals surface area contributed by atoms with Gasteiger partial charge in [0.05, 0.1) is 0 Å². The minimum atomic E-state index is 0. The first kappa shape index (κ1) is 48.2. The molecule has 0 spiro atoms. The molecule has 0 aliphatic carbocycles. The first-order valence-corrected chi connectivity index (χ1v) is 0.167.